The van der Waals surface area contributed by atoms with Crippen LogP contribution in [-0.2, 0) is 4.74 Å². The minimum atomic E-state index is 0.354. The summed E-state index contributed by atoms with van der Waals surface area (Å²) in [6, 6.07) is 13.6. The fourth-order valence-electron chi connectivity index (χ4n) is 2.24. The Hall–Kier alpha value is -2.84. The van der Waals surface area contributed by atoms with Gasteiger partial charge in [-0.25, -0.2) is 9.50 Å². The Morgan fingerprint density at radius 3 is 2.70 bits per heavy atom. The Labute approximate surface area is 134 Å². The molecule has 3 rings (SSSR count). The van der Waals surface area contributed by atoms with Gasteiger partial charge in [0.1, 0.15) is 18.0 Å². The molecule has 0 saturated heterocycles. The van der Waals surface area contributed by atoms with E-state index in [0.717, 1.165) is 22.6 Å². The van der Waals surface area contributed by atoms with Crippen molar-refractivity contribution in [3.8, 4) is 29.0 Å². The van der Waals surface area contributed by atoms with Crippen LogP contribution in [0.25, 0.3) is 16.9 Å². The van der Waals surface area contributed by atoms with Gasteiger partial charge in [0.15, 0.2) is 5.65 Å². The number of imidazole rings is 1. The van der Waals surface area contributed by atoms with Gasteiger partial charge in [-0.05, 0) is 18.9 Å². The Kier molecular flexibility index (Phi) is 4.55. The SMILES string of the molecule is CCOc1ccc2nc(-c3ccccc3)c(C#CCOC)n2n1. The first-order chi connectivity index (χ1) is 11.3. The van der Waals surface area contributed by atoms with Crippen molar-refractivity contribution < 1.29 is 9.47 Å². The smallest absolute Gasteiger partial charge is 0.231 e. The predicted octanol–water partition coefficient (Wildman–Crippen LogP) is 2.79. The second kappa shape index (κ2) is 6.95. The highest BCUT2D eigenvalue weighted by Gasteiger charge is 2.14. The summed E-state index contributed by atoms with van der Waals surface area (Å²) in [5, 5.41) is 4.48. The highest BCUT2D eigenvalue weighted by atomic mass is 16.5. The lowest BCUT2D eigenvalue weighted by Crippen LogP contribution is -2.00. The van der Waals surface area contributed by atoms with Crippen LogP contribution in [0.15, 0.2) is 42.5 Å². The lowest BCUT2D eigenvalue weighted by atomic mass is 10.1. The molecule has 3 aromatic rings. The van der Waals surface area contributed by atoms with Gasteiger partial charge in [-0.15, -0.1) is 5.10 Å². The maximum atomic E-state index is 5.48. The number of rotatable bonds is 4. The minimum absolute atomic E-state index is 0.354. The summed E-state index contributed by atoms with van der Waals surface area (Å²) < 4.78 is 12.2. The molecule has 0 amide bonds. The minimum Gasteiger partial charge on any atom is -0.477 e. The summed E-state index contributed by atoms with van der Waals surface area (Å²) in [5.41, 5.74) is 3.26. The van der Waals surface area contributed by atoms with Gasteiger partial charge in [0.25, 0.3) is 0 Å². The van der Waals surface area contributed by atoms with E-state index in [2.05, 4.69) is 21.9 Å². The second-order valence-corrected chi connectivity index (χ2v) is 4.78. The van der Waals surface area contributed by atoms with E-state index in [4.69, 9.17) is 9.47 Å². The summed E-state index contributed by atoms with van der Waals surface area (Å²) in [6.45, 7) is 2.84. The highest BCUT2D eigenvalue weighted by molar-refractivity contribution is 5.69. The Balaban J connectivity index is 2.19. The van der Waals surface area contributed by atoms with Crippen LogP contribution in [0, 0.1) is 11.8 Å². The third-order valence-electron chi connectivity index (χ3n) is 3.22. The number of aromatic nitrogens is 3. The molecule has 5 heteroatoms. The summed E-state index contributed by atoms with van der Waals surface area (Å²) in [5.74, 6) is 6.64. The Bertz CT molecular complexity index is 860. The number of hydrogen-bond acceptors (Lipinski definition) is 4. The van der Waals surface area contributed by atoms with Gasteiger partial charge in [0, 0.05) is 18.7 Å². The van der Waals surface area contributed by atoms with Crippen LogP contribution in [0.1, 0.15) is 12.6 Å². The molecule has 0 N–H and O–H groups in total. The first-order valence-corrected chi connectivity index (χ1v) is 7.39. The van der Waals surface area contributed by atoms with Crippen LogP contribution in [0.3, 0.4) is 0 Å². The first-order valence-electron chi connectivity index (χ1n) is 7.39. The van der Waals surface area contributed by atoms with E-state index in [9.17, 15) is 0 Å². The number of methoxy groups -OCH3 is 1. The number of nitrogens with zero attached hydrogens (tertiary/aromatic N) is 3. The van der Waals surface area contributed by atoms with Gasteiger partial charge in [-0.2, -0.15) is 0 Å². The van der Waals surface area contributed by atoms with E-state index < -0.39 is 0 Å². The first kappa shape index (κ1) is 15.1. The molecular weight excluding hydrogens is 290 g/mol. The van der Waals surface area contributed by atoms with Gasteiger partial charge in [-0.1, -0.05) is 36.3 Å². The molecule has 0 unspecified atom stereocenters. The molecule has 0 aliphatic carbocycles. The summed E-state index contributed by atoms with van der Waals surface area (Å²) in [4.78, 5) is 4.66. The quantitative estimate of drug-likeness (QED) is 0.695. The molecular formula is C18H17N3O2. The van der Waals surface area contributed by atoms with Crippen molar-refractivity contribution >= 4 is 5.65 Å². The van der Waals surface area contributed by atoms with Gasteiger partial charge in [-0.3, -0.25) is 0 Å². The zero-order valence-corrected chi connectivity index (χ0v) is 13.1. The van der Waals surface area contributed by atoms with Crippen LogP contribution < -0.4 is 4.74 Å². The molecule has 0 spiro atoms. The molecule has 0 bridgehead atoms. The van der Waals surface area contributed by atoms with Gasteiger partial charge < -0.3 is 9.47 Å². The molecule has 5 nitrogen and oxygen atoms in total. The van der Waals surface area contributed by atoms with Crippen molar-refractivity contribution in [1.82, 2.24) is 14.6 Å². The monoisotopic (exact) mass is 307 g/mol. The van der Waals surface area contributed by atoms with E-state index in [0.29, 0.717) is 19.1 Å². The summed E-state index contributed by atoms with van der Waals surface area (Å²) >= 11 is 0. The largest absolute Gasteiger partial charge is 0.477 e. The van der Waals surface area contributed by atoms with Crippen LogP contribution in [0.2, 0.25) is 0 Å². The van der Waals surface area contributed by atoms with Crippen LogP contribution in [-0.4, -0.2) is 34.9 Å². The standard InChI is InChI=1S/C18H17N3O2/c1-3-23-17-12-11-16-19-18(14-8-5-4-6-9-14)15(21(16)20-17)10-7-13-22-2/h4-6,8-9,11-12H,3,13H2,1-2H3. The molecule has 0 saturated carbocycles. The molecule has 23 heavy (non-hydrogen) atoms. The molecule has 0 atom stereocenters. The molecule has 0 aliphatic rings. The number of hydrogen-bond donors (Lipinski definition) is 0. The number of ether oxygens (including phenoxy) is 2. The zero-order valence-electron chi connectivity index (χ0n) is 13.1. The maximum absolute atomic E-state index is 5.48. The molecule has 116 valence electrons. The fraction of sp³-hybridized carbons (Fsp3) is 0.222. The molecule has 1 aromatic carbocycles. The van der Waals surface area contributed by atoms with Crippen LogP contribution in [0.4, 0.5) is 0 Å². The van der Waals surface area contributed by atoms with Crippen molar-refractivity contribution in [3.05, 3.63) is 48.2 Å². The van der Waals surface area contributed by atoms with Crippen molar-refractivity contribution in [2.45, 2.75) is 6.92 Å². The average Bonchev–Trinajstić information content (AvgIpc) is 2.94. The molecule has 0 radical (unpaired) electrons. The van der Waals surface area contributed by atoms with E-state index in [1.165, 1.54) is 0 Å². The van der Waals surface area contributed by atoms with E-state index in [1.54, 1.807) is 11.6 Å². The Morgan fingerprint density at radius 2 is 1.96 bits per heavy atom. The highest BCUT2D eigenvalue weighted by Crippen LogP contribution is 2.24. The molecule has 0 fully saturated rings. The lowest BCUT2D eigenvalue weighted by Gasteiger charge is -2.02. The summed E-state index contributed by atoms with van der Waals surface area (Å²) in [6.07, 6.45) is 0. The third kappa shape index (κ3) is 3.17. The van der Waals surface area contributed by atoms with E-state index in [1.807, 2.05) is 49.4 Å². The fourth-order valence-corrected chi connectivity index (χ4v) is 2.24. The topological polar surface area (TPSA) is 48.7 Å². The zero-order chi connectivity index (χ0) is 16.1. The van der Waals surface area contributed by atoms with Crippen molar-refractivity contribution in [2.24, 2.45) is 0 Å². The molecule has 2 heterocycles. The summed E-state index contributed by atoms with van der Waals surface area (Å²) in [7, 11) is 1.62. The third-order valence-corrected chi connectivity index (χ3v) is 3.22. The van der Waals surface area contributed by atoms with E-state index in [-0.39, 0.29) is 0 Å². The van der Waals surface area contributed by atoms with Gasteiger partial charge >= 0.3 is 0 Å². The number of benzene rings is 1. The second-order valence-electron chi connectivity index (χ2n) is 4.78. The normalized spacial score (nSPS) is 10.3. The van der Waals surface area contributed by atoms with Crippen molar-refractivity contribution in [2.75, 3.05) is 20.3 Å². The van der Waals surface area contributed by atoms with Gasteiger partial charge in [0.2, 0.25) is 5.88 Å². The van der Waals surface area contributed by atoms with E-state index >= 15 is 0 Å². The Morgan fingerprint density at radius 1 is 1.13 bits per heavy atom. The van der Waals surface area contributed by atoms with Crippen molar-refractivity contribution in [1.29, 1.82) is 0 Å². The average molecular weight is 307 g/mol. The predicted molar refractivity (Wildman–Crippen MR) is 88.3 cm³/mol. The molecule has 0 aliphatic heterocycles. The van der Waals surface area contributed by atoms with Crippen LogP contribution >= 0.6 is 0 Å². The van der Waals surface area contributed by atoms with Gasteiger partial charge in [0.05, 0.1) is 6.61 Å². The maximum Gasteiger partial charge on any atom is 0.231 e. The lowest BCUT2D eigenvalue weighted by molar-refractivity contribution is 0.240. The number of fused-ring (bicyclic) bond motifs is 1. The van der Waals surface area contributed by atoms with Crippen molar-refractivity contribution in [3.63, 3.8) is 0 Å². The molecule has 2 aromatic heterocycles. The van der Waals surface area contributed by atoms with Crippen LogP contribution in [0.5, 0.6) is 5.88 Å².